The van der Waals surface area contributed by atoms with Gasteiger partial charge in [0.1, 0.15) is 11.6 Å². The summed E-state index contributed by atoms with van der Waals surface area (Å²) in [5, 5.41) is 0. The van der Waals surface area contributed by atoms with Crippen LogP contribution in [0.2, 0.25) is 0 Å². The van der Waals surface area contributed by atoms with E-state index in [0.717, 1.165) is 25.0 Å². The second-order valence-electron chi connectivity index (χ2n) is 5.29. The van der Waals surface area contributed by atoms with Crippen LogP contribution in [0.1, 0.15) is 36.0 Å². The van der Waals surface area contributed by atoms with Crippen molar-refractivity contribution in [2.45, 2.75) is 31.7 Å². The molecule has 1 aliphatic rings. The summed E-state index contributed by atoms with van der Waals surface area (Å²) in [7, 11) is 0. The van der Waals surface area contributed by atoms with E-state index >= 15 is 0 Å². The number of likely N-dealkylation sites (tertiary alicyclic amines) is 1. The van der Waals surface area contributed by atoms with Crippen molar-refractivity contribution >= 4 is 24.1 Å². The van der Waals surface area contributed by atoms with Crippen molar-refractivity contribution in [3.05, 3.63) is 35.4 Å². The molecule has 0 saturated carbocycles. The molecule has 7 heteroatoms. The number of hydrogen-bond acceptors (Lipinski definition) is 3. The van der Waals surface area contributed by atoms with E-state index in [1.165, 1.54) is 0 Å². The number of amides is 1. The monoisotopic (exact) mass is 332 g/mol. The minimum atomic E-state index is -0.896. The van der Waals surface area contributed by atoms with Crippen molar-refractivity contribution in [1.82, 2.24) is 4.90 Å². The van der Waals surface area contributed by atoms with E-state index in [1.54, 1.807) is 4.90 Å². The zero-order valence-electron chi connectivity index (χ0n) is 12.1. The fraction of sp³-hybridized carbons (Fsp3) is 0.467. The first kappa shape index (κ1) is 18.5. The van der Waals surface area contributed by atoms with Crippen LogP contribution in [0.3, 0.4) is 0 Å². The molecule has 1 aromatic rings. The fourth-order valence-electron chi connectivity index (χ4n) is 2.47. The molecule has 2 N–H and O–H groups in total. The number of Topliss-reactive ketones (excluding diaryl/α,β-unsaturated/α-hetero) is 1. The van der Waals surface area contributed by atoms with Crippen LogP contribution in [0.4, 0.5) is 8.78 Å². The van der Waals surface area contributed by atoms with Gasteiger partial charge in [-0.15, -0.1) is 12.4 Å². The van der Waals surface area contributed by atoms with Crippen LogP contribution in [0, 0.1) is 11.6 Å². The van der Waals surface area contributed by atoms with Crippen LogP contribution >= 0.6 is 12.4 Å². The van der Waals surface area contributed by atoms with Crippen LogP contribution in [0.15, 0.2) is 18.2 Å². The highest BCUT2D eigenvalue weighted by Gasteiger charge is 2.22. The second kappa shape index (κ2) is 8.19. The van der Waals surface area contributed by atoms with Gasteiger partial charge in [-0.1, -0.05) is 0 Å². The number of hydrogen-bond donors (Lipinski definition) is 1. The zero-order chi connectivity index (χ0) is 15.4. The van der Waals surface area contributed by atoms with Gasteiger partial charge in [0.05, 0.1) is 5.56 Å². The van der Waals surface area contributed by atoms with E-state index in [4.69, 9.17) is 5.73 Å². The molecule has 1 saturated heterocycles. The second-order valence-corrected chi connectivity index (χ2v) is 5.29. The number of halogens is 3. The van der Waals surface area contributed by atoms with Gasteiger partial charge in [0.15, 0.2) is 5.78 Å². The van der Waals surface area contributed by atoms with Gasteiger partial charge in [-0.3, -0.25) is 9.59 Å². The molecule has 0 aromatic heterocycles. The van der Waals surface area contributed by atoms with Crippen molar-refractivity contribution in [2.24, 2.45) is 5.73 Å². The summed E-state index contributed by atoms with van der Waals surface area (Å²) >= 11 is 0. The predicted molar refractivity (Wildman–Crippen MR) is 81.0 cm³/mol. The third-order valence-corrected chi connectivity index (χ3v) is 3.61. The fourth-order valence-corrected chi connectivity index (χ4v) is 2.47. The Bertz CT molecular complexity index is 554. The number of nitrogens with two attached hydrogens (primary N) is 1. The zero-order valence-corrected chi connectivity index (χ0v) is 12.9. The average molecular weight is 333 g/mol. The summed E-state index contributed by atoms with van der Waals surface area (Å²) in [5.74, 6) is -2.28. The highest BCUT2D eigenvalue weighted by atomic mass is 35.5. The van der Waals surface area contributed by atoms with Crippen molar-refractivity contribution < 1.29 is 18.4 Å². The Morgan fingerprint density at radius 1 is 1.27 bits per heavy atom. The van der Waals surface area contributed by atoms with E-state index in [2.05, 4.69) is 0 Å². The highest BCUT2D eigenvalue weighted by Crippen LogP contribution is 2.15. The van der Waals surface area contributed by atoms with Gasteiger partial charge in [0.2, 0.25) is 5.91 Å². The molecule has 0 aliphatic carbocycles. The van der Waals surface area contributed by atoms with Gasteiger partial charge in [0, 0.05) is 38.0 Å². The standard InChI is InChI=1S/C15H18F2N2O2.ClH/c16-10-3-4-12(13(17)8-10)14(20)5-6-15(21)19-7-1-2-11(18)9-19;/h3-4,8,11H,1-2,5-7,9,18H2;1H. The minimum absolute atomic E-state index is 0. The molecule has 0 radical (unpaired) electrons. The van der Waals surface area contributed by atoms with Gasteiger partial charge < -0.3 is 10.6 Å². The van der Waals surface area contributed by atoms with Gasteiger partial charge in [-0.2, -0.15) is 0 Å². The van der Waals surface area contributed by atoms with Crippen LogP contribution in [-0.2, 0) is 4.79 Å². The lowest BCUT2D eigenvalue weighted by Gasteiger charge is -2.30. The van der Waals surface area contributed by atoms with E-state index < -0.39 is 17.4 Å². The van der Waals surface area contributed by atoms with E-state index in [0.29, 0.717) is 19.2 Å². The Morgan fingerprint density at radius 3 is 2.64 bits per heavy atom. The molecular weight excluding hydrogens is 314 g/mol. The predicted octanol–water partition coefficient (Wildman–Crippen LogP) is 2.30. The number of piperidine rings is 1. The van der Waals surface area contributed by atoms with E-state index in [9.17, 15) is 18.4 Å². The van der Waals surface area contributed by atoms with Gasteiger partial charge in [-0.05, 0) is 25.0 Å². The number of nitrogens with zero attached hydrogens (tertiary/aromatic N) is 1. The third-order valence-electron chi connectivity index (χ3n) is 3.61. The number of carbonyl (C=O) groups is 2. The first-order valence-electron chi connectivity index (χ1n) is 6.99. The number of rotatable bonds is 4. The molecule has 122 valence electrons. The summed E-state index contributed by atoms with van der Waals surface area (Å²) in [6.07, 6.45) is 1.67. The summed E-state index contributed by atoms with van der Waals surface area (Å²) in [6.45, 7) is 1.14. The molecule has 1 heterocycles. The Balaban J connectivity index is 0.00000242. The van der Waals surface area contributed by atoms with Crippen molar-refractivity contribution in [1.29, 1.82) is 0 Å². The minimum Gasteiger partial charge on any atom is -0.341 e. The normalized spacial score (nSPS) is 17.8. The summed E-state index contributed by atoms with van der Waals surface area (Å²) in [5.41, 5.74) is 5.62. The maximum absolute atomic E-state index is 13.5. The van der Waals surface area contributed by atoms with Crippen molar-refractivity contribution in [3.63, 3.8) is 0 Å². The number of ketones is 1. The van der Waals surface area contributed by atoms with Gasteiger partial charge >= 0.3 is 0 Å². The lowest BCUT2D eigenvalue weighted by molar-refractivity contribution is -0.132. The van der Waals surface area contributed by atoms with E-state index in [-0.39, 0.29) is 42.8 Å². The highest BCUT2D eigenvalue weighted by molar-refractivity contribution is 5.98. The molecule has 0 spiro atoms. The first-order valence-corrected chi connectivity index (χ1v) is 6.99. The summed E-state index contributed by atoms with van der Waals surface area (Å²) < 4.78 is 26.2. The maximum Gasteiger partial charge on any atom is 0.223 e. The van der Waals surface area contributed by atoms with Crippen LogP contribution in [0.25, 0.3) is 0 Å². The number of benzene rings is 1. The molecule has 0 bridgehead atoms. The van der Waals surface area contributed by atoms with Gasteiger partial charge in [0.25, 0.3) is 0 Å². The molecule has 1 aliphatic heterocycles. The van der Waals surface area contributed by atoms with Crippen molar-refractivity contribution in [2.75, 3.05) is 13.1 Å². The lowest BCUT2D eigenvalue weighted by Crippen LogP contribution is -2.45. The Morgan fingerprint density at radius 2 is 2.00 bits per heavy atom. The van der Waals surface area contributed by atoms with Crippen LogP contribution in [-0.4, -0.2) is 35.7 Å². The first-order chi connectivity index (χ1) is 9.97. The Kier molecular flexibility index (Phi) is 6.90. The molecule has 1 amide bonds. The maximum atomic E-state index is 13.5. The topological polar surface area (TPSA) is 63.4 Å². The Labute approximate surface area is 134 Å². The lowest BCUT2D eigenvalue weighted by atomic mass is 10.0. The molecule has 4 nitrogen and oxygen atoms in total. The summed E-state index contributed by atoms with van der Waals surface area (Å²) in [6, 6.07) is 2.78. The molecule has 1 unspecified atom stereocenters. The molecular formula is C15H19ClF2N2O2. The molecule has 1 fully saturated rings. The molecule has 2 rings (SSSR count). The third kappa shape index (κ3) is 4.74. The molecule has 1 atom stereocenters. The molecule has 22 heavy (non-hydrogen) atoms. The van der Waals surface area contributed by atoms with Gasteiger partial charge in [-0.25, -0.2) is 8.78 Å². The molecule has 1 aromatic carbocycles. The number of carbonyl (C=O) groups excluding carboxylic acids is 2. The van der Waals surface area contributed by atoms with Crippen molar-refractivity contribution in [3.8, 4) is 0 Å². The Hall–Kier alpha value is -1.53. The largest absolute Gasteiger partial charge is 0.341 e. The average Bonchev–Trinajstić information content (AvgIpc) is 2.44. The van der Waals surface area contributed by atoms with Crippen LogP contribution in [0.5, 0.6) is 0 Å². The van der Waals surface area contributed by atoms with Crippen LogP contribution < -0.4 is 5.73 Å². The smallest absolute Gasteiger partial charge is 0.223 e. The van der Waals surface area contributed by atoms with E-state index in [1.807, 2.05) is 0 Å². The quantitative estimate of drug-likeness (QED) is 0.860. The summed E-state index contributed by atoms with van der Waals surface area (Å²) in [4.78, 5) is 25.5. The SMILES string of the molecule is Cl.NC1CCCN(C(=O)CCC(=O)c2ccc(F)cc2F)C1.